The summed E-state index contributed by atoms with van der Waals surface area (Å²) in [4.78, 5) is 14.0. The van der Waals surface area contributed by atoms with Crippen LogP contribution in [0.2, 0.25) is 0 Å². The highest BCUT2D eigenvalue weighted by Gasteiger charge is 2.42. The van der Waals surface area contributed by atoms with Gasteiger partial charge in [0.1, 0.15) is 0 Å². The lowest BCUT2D eigenvalue weighted by Gasteiger charge is -2.33. The van der Waals surface area contributed by atoms with E-state index in [0.717, 1.165) is 23.2 Å². The van der Waals surface area contributed by atoms with Crippen LogP contribution >= 0.6 is 0 Å². The fourth-order valence-corrected chi connectivity index (χ4v) is 4.89. The number of hydrogen-bond donors (Lipinski definition) is 1. The Morgan fingerprint density at radius 1 is 1.36 bits per heavy atom. The molecule has 22 heavy (non-hydrogen) atoms. The molecular weight excluding hydrogens is 276 g/mol. The van der Waals surface area contributed by atoms with Gasteiger partial charge in [-0.15, -0.1) is 0 Å². The molecule has 1 aromatic rings. The monoisotopic (exact) mass is 304 g/mol. The summed E-state index contributed by atoms with van der Waals surface area (Å²) in [5.41, 5.74) is 1.48. The van der Waals surface area contributed by atoms with Crippen LogP contribution in [0.15, 0.2) is 10.9 Å². The van der Waals surface area contributed by atoms with Crippen molar-refractivity contribution in [3.05, 3.63) is 27.7 Å². The summed E-state index contributed by atoms with van der Waals surface area (Å²) in [6.07, 6.45) is 5.43. The van der Waals surface area contributed by atoms with Gasteiger partial charge < -0.3 is 14.6 Å². The number of hydrogen-bond acceptors (Lipinski definition) is 3. The molecule has 0 aliphatic heterocycles. The first-order valence-electron chi connectivity index (χ1n) is 8.47. The van der Waals surface area contributed by atoms with Crippen molar-refractivity contribution in [3.63, 3.8) is 0 Å². The standard InChI is InChI=1S/C18H28N2O2/c1-11-7-17(21)18(22)16(10-19(3)4)20(11)12(2)15-9-13-5-6-14(15)8-13/h7,12-15,22H,5-6,8-10H2,1-4H3. The molecule has 1 heterocycles. The fraction of sp³-hybridized carbons (Fsp3) is 0.722. The van der Waals surface area contributed by atoms with E-state index >= 15 is 0 Å². The third-order valence-electron chi connectivity index (χ3n) is 5.80. The van der Waals surface area contributed by atoms with Gasteiger partial charge in [-0.05, 0) is 65.0 Å². The summed E-state index contributed by atoms with van der Waals surface area (Å²) in [6.45, 7) is 4.85. The summed E-state index contributed by atoms with van der Waals surface area (Å²) >= 11 is 0. The van der Waals surface area contributed by atoms with Crippen LogP contribution in [0, 0.1) is 24.7 Å². The Morgan fingerprint density at radius 2 is 2.09 bits per heavy atom. The number of rotatable bonds is 4. The van der Waals surface area contributed by atoms with E-state index < -0.39 is 0 Å². The second kappa shape index (κ2) is 5.73. The van der Waals surface area contributed by atoms with E-state index in [1.165, 1.54) is 25.7 Å². The first-order valence-corrected chi connectivity index (χ1v) is 8.47. The summed E-state index contributed by atoms with van der Waals surface area (Å²) in [5, 5.41) is 10.3. The third kappa shape index (κ3) is 2.58. The molecule has 2 aliphatic carbocycles. The van der Waals surface area contributed by atoms with E-state index in [0.29, 0.717) is 18.5 Å². The zero-order chi connectivity index (χ0) is 16.0. The molecule has 1 aromatic heterocycles. The highest BCUT2D eigenvalue weighted by Crippen LogP contribution is 2.52. The molecular formula is C18H28N2O2. The summed E-state index contributed by atoms with van der Waals surface area (Å²) in [7, 11) is 3.94. The van der Waals surface area contributed by atoms with Crippen molar-refractivity contribution in [2.24, 2.45) is 17.8 Å². The Labute approximate surface area is 132 Å². The number of pyridine rings is 1. The minimum atomic E-state index is -0.259. The average Bonchev–Trinajstić information content (AvgIpc) is 3.06. The van der Waals surface area contributed by atoms with Crippen LogP contribution in [-0.2, 0) is 6.54 Å². The van der Waals surface area contributed by atoms with Crippen molar-refractivity contribution in [2.45, 2.75) is 52.1 Å². The molecule has 2 saturated carbocycles. The maximum Gasteiger partial charge on any atom is 0.223 e. The molecule has 0 spiro atoms. The highest BCUT2D eigenvalue weighted by molar-refractivity contribution is 5.30. The van der Waals surface area contributed by atoms with Gasteiger partial charge in [-0.2, -0.15) is 0 Å². The summed E-state index contributed by atoms with van der Waals surface area (Å²) < 4.78 is 2.22. The van der Waals surface area contributed by atoms with E-state index in [1.54, 1.807) is 6.07 Å². The van der Waals surface area contributed by atoms with Crippen molar-refractivity contribution in [2.75, 3.05) is 14.1 Å². The van der Waals surface area contributed by atoms with Crippen LogP contribution in [-0.4, -0.2) is 28.7 Å². The molecule has 0 amide bonds. The number of aromatic nitrogens is 1. The van der Waals surface area contributed by atoms with Crippen molar-refractivity contribution < 1.29 is 5.11 Å². The number of nitrogens with zero attached hydrogens (tertiary/aromatic N) is 2. The van der Waals surface area contributed by atoms with Crippen molar-refractivity contribution in [3.8, 4) is 5.75 Å². The minimum absolute atomic E-state index is 0.0747. The number of aryl methyl sites for hydroxylation is 1. The van der Waals surface area contributed by atoms with E-state index in [2.05, 4.69) is 11.5 Å². The minimum Gasteiger partial charge on any atom is -0.503 e. The molecule has 4 atom stereocenters. The predicted molar refractivity (Wildman–Crippen MR) is 88.1 cm³/mol. The number of fused-ring (bicyclic) bond motifs is 2. The van der Waals surface area contributed by atoms with Crippen LogP contribution in [0.25, 0.3) is 0 Å². The van der Waals surface area contributed by atoms with Crippen LogP contribution in [0.4, 0.5) is 0 Å². The Bertz CT molecular complexity index is 620. The molecule has 122 valence electrons. The largest absolute Gasteiger partial charge is 0.503 e. The van der Waals surface area contributed by atoms with Gasteiger partial charge in [-0.25, -0.2) is 0 Å². The Kier molecular flexibility index (Phi) is 4.06. The first-order chi connectivity index (χ1) is 10.4. The lowest BCUT2D eigenvalue weighted by molar-refractivity contribution is 0.229. The van der Waals surface area contributed by atoms with Crippen LogP contribution in [0.5, 0.6) is 5.75 Å². The molecule has 0 radical (unpaired) electrons. The Morgan fingerprint density at radius 3 is 2.64 bits per heavy atom. The smallest absolute Gasteiger partial charge is 0.223 e. The average molecular weight is 304 g/mol. The van der Waals surface area contributed by atoms with Crippen molar-refractivity contribution in [1.29, 1.82) is 0 Å². The zero-order valence-electron chi connectivity index (χ0n) is 14.2. The molecule has 2 fully saturated rings. The Hall–Kier alpha value is -1.29. The number of aromatic hydroxyl groups is 1. The van der Waals surface area contributed by atoms with Gasteiger partial charge in [0, 0.05) is 24.3 Å². The predicted octanol–water partition coefficient (Wildman–Crippen LogP) is 2.92. The second-order valence-corrected chi connectivity index (χ2v) is 7.63. The van der Waals surface area contributed by atoms with Crippen LogP contribution in [0.3, 0.4) is 0 Å². The van der Waals surface area contributed by atoms with E-state index in [9.17, 15) is 9.90 Å². The molecule has 4 heteroatoms. The molecule has 0 saturated heterocycles. The molecule has 3 rings (SSSR count). The molecule has 0 aromatic carbocycles. The van der Waals surface area contributed by atoms with Crippen LogP contribution in [0.1, 0.15) is 50.0 Å². The summed E-state index contributed by atoms with van der Waals surface area (Å²) in [5.74, 6) is 2.34. The highest BCUT2D eigenvalue weighted by atomic mass is 16.3. The van der Waals surface area contributed by atoms with Gasteiger partial charge in [0.15, 0.2) is 5.75 Å². The SMILES string of the molecule is Cc1cc(=O)c(O)c(CN(C)C)n1C(C)C1CC2CCC1C2. The van der Waals surface area contributed by atoms with Gasteiger partial charge >= 0.3 is 0 Å². The van der Waals surface area contributed by atoms with E-state index in [-0.39, 0.29) is 11.2 Å². The lowest BCUT2D eigenvalue weighted by Crippen LogP contribution is -2.29. The van der Waals surface area contributed by atoms with Gasteiger partial charge in [0.05, 0.1) is 5.69 Å². The van der Waals surface area contributed by atoms with Crippen molar-refractivity contribution in [1.82, 2.24) is 9.47 Å². The summed E-state index contributed by atoms with van der Waals surface area (Å²) in [6, 6.07) is 1.93. The zero-order valence-corrected chi connectivity index (χ0v) is 14.2. The first kappa shape index (κ1) is 15.6. The normalized spacial score (nSPS) is 28.5. The van der Waals surface area contributed by atoms with Crippen molar-refractivity contribution >= 4 is 0 Å². The maximum atomic E-state index is 12.0. The van der Waals surface area contributed by atoms with Gasteiger partial charge in [0.2, 0.25) is 5.43 Å². The molecule has 4 nitrogen and oxygen atoms in total. The van der Waals surface area contributed by atoms with E-state index in [4.69, 9.17) is 0 Å². The van der Waals surface area contributed by atoms with Gasteiger partial charge in [-0.1, -0.05) is 6.42 Å². The van der Waals surface area contributed by atoms with Crippen LogP contribution < -0.4 is 5.43 Å². The molecule has 4 unspecified atom stereocenters. The third-order valence-corrected chi connectivity index (χ3v) is 5.80. The molecule has 1 N–H and O–H groups in total. The second-order valence-electron chi connectivity index (χ2n) is 7.63. The quantitative estimate of drug-likeness (QED) is 0.930. The molecule has 2 bridgehead atoms. The Balaban J connectivity index is 2.01. The van der Waals surface area contributed by atoms with Gasteiger partial charge in [-0.3, -0.25) is 4.79 Å². The fourth-order valence-electron chi connectivity index (χ4n) is 4.89. The topological polar surface area (TPSA) is 45.5 Å². The lowest BCUT2D eigenvalue weighted by atomic mass is 9.83. The molecule has 2 aliphatic rings. The van der Waals surface area contributed by atoms with E-state index in [1.807, 2.05) is 25.9 Å². The van der Waals surface area contributed by atoms with Gasteiger partial charge in [0.25, 0.3) is 0 Å². The maximum absolute atomic E-state index is 12.0.